The van der Waals surface area contributed by atoms with Crippen molar-refractivity contribution in [2.24, 2.45) is 0 Å². The summed E-state index contributed by atoms with van der Waals surface area (Å²) in [5.74, 6) is 0.595. The highest BCUT2D eigenvalue weighted by molar-refractivity contribution is 5.91. The van der Waals surface area contributed by atoms with Crippen LogP contribution in [0.2, 0.25) is 0 Å². The SMILES string of the molecule is [2H]C([2H])([2H])N(C([2H])([2H])[2H])C([2H])([2H])/C=C/C(=O)N1CCN2C[C@H]1COc1cc3ncnc(Nc4cc(C)c(Oc5ccn6ncnc6c5)cc4F)c3nc12. The molecular weight excluding hydrogens is 579 g/mol. The standard InChI is InChI=1S/C31H31FN10O3/c1-19-11-23(22(32)13-25(19)45-21-6-8-42-27(12-21)34-18-36-42)37-30-29-24(33-17-35-30)14-26-31(38-29)40-9-10-41(20(15-40)16-44-26)28(43)5-4-7-39(2)3/h4-6,8,11-14,17-18,20H,7,9-10,15-16H2,1-3H3,(H,33,35,37)/b5-4+/t20-/m0/s1/i2D3,3D3,7D2. The molecule has 0 aliphatic carbocycles. The number of aromatic nitrogens is 6. The van der Waals surface area contributed by atoms with E-state index in [2.05, 4.69) is 25.4 Å². The van der Waals surface area contributed by atoms with Gasteiger partial charge in [-0.05, 0) is 38.6 Å². The first-order chi connectivity index (χ1) is 25.0. The van der Waals surface area contributed by atoms with Gasteiger partial charge in [-0.15, -0.1) is 0 Å². The summed E-state index contributed by atoms with van der Waals surface area (Å²) in [4.78, 5) is 34.0. The second-order valence-electron chi connectivity index (χ2n) is 10.4. The Morgan fingerprint density at radius 2 is 2.16 bits per heavy atom. The molecule has 2 aliphatic rings. The number of nitrogens with zero attached hydrogens (tertiary/aromatic N) is 9. The molecule has 45 heavy (non-hydrogen) atoms. The first-order valence-corrected chi connectivity index (χ1v) is 13.9. The lowest BCUT2D eigenvalue weighted by atomic mass is 10.1. The van der Waals surface area contributed by atoms with Gasteiger partial charge in [0.1, 0.15) is 42.1 Å². The fourth-order valence-electron chi connectivity index (χ4n) is 5.31. The van der Waals surface area contributed by atoms with Crippen LogP contribution in [0.5, 0.6) is 17.2 Å². The van der Waals surface area contributed by atoms with Gasteiger partial charge in [0.25, 0.3) is 0 Å². The average molecular weight is 619 g/mol. The molecule has 2 bridgehead atoms. The van der Waals surface area contributed by atoms with Crippen molar-refractivity contribution in [2.45, 2.75) is 13.0 Å². The molecule has 1 aromatic carbocycles. The third-order valence-corrected chi connectivity index (χ3v) is 7.48. The van der Waals surface area contributed by atoms with Crippen molar-refractivity contribution in [3.63, 3.8) is 0 Å². The first-order valence-electron chi connectivity index (χ1n) is 17.9. The number of carbonyl (C=O) groups excluding carboxylic acids is 1. The van der Waals surface area contributed by atoms with Crippen molar-refractivity contribution < 1.29 is 29.6 Å². The van der Waals surface area contributed by atoms with Crippen LogP contribution in [-0.4, -0.2) is 98.0 Å². The molecule has 0 saturated carbocycles. The number of anilines is 3. The van der Waals surface area contributed by atoms with Crippen LogP contribution in [0.4, 0.5) is 21.7 Å². The van der Waals surface area contributed by atoms with E-state index in [9.17, 15) is 4.79 Å². The van der Waals surface area contributed by atoms with E-state index in [1.165, 1.54) is 23.6 Å². The van der Waals surface area contributed by atoms with E-state index in [1.807, 2.05) is 4.90 Å². The number of carbonyl (C=O) groups is 1. The zero-order chi connectivity index (χ0) is 37.9. The second kappa shape index (κ2) is 11.6. The number of piperazine rings is 1. The number of halogens is 1. The summed E-state index contributed by atoms with van der Waals surface area (Å²) in [6.07, 6.45) is 5.89. The normalized spacial score (nSPS) is 19.8. The molecule has 5 aromatic rings. The minimum Gasteiger partial charge on any atom is -0.487 e. The molecule has 0 spiro atoms. The zero-order valence-corrected chi connectivity index (χ0v) is 23.8. The molecule has 0 unspecified atom stereocenters. The van der Waals surface area contributed by atoms with Crippen LogP contribution in [-0.2, 0) is 4.79 Å². The highest BCUT2D eigenvalue weighted by atomic mass is 19.1. The third-order valence-electron chi connectivity index (χ3n) is 7.48. The van der Waals surface area contributed by atoms with Crippen LogP contribution in [0.1, 0.15) is 16.5 Å². The summed E-state index contributed by atoms with van der Waals surface area (Å²) in [6, 6.07) is 7.38. The van der Waals surface area contributed by atoms with Crippen LogP contribution in [0.3, 0.4) is 0 Å². The molecule has 7 rings (SSSR count). The Morgan fingerprint density at radius 3 is 3.04 bits per heavy atom. The lowest BCUT2D eigenvalue weighted by molar-refractivity contribution is -0.129. The van der Waals surface area contributed by atoms with Crippen LogP contribution in [0.25, 0.3) is 16.7 Å². The van der Waals surface area contributed by atoms with Gasteiger partial charge in [0.05, 0.1) is 17.2 Å². The monoisotopic (exact) mass is 618 g/mol. The Labute approximate surface area is 269 Å². The van der Waals surface area contributed by atoms with Crippen LogP contribution in [0, 0.1) is 12.7 Å². The second-order valence-corrected chi connectivity index (χ2v) is 10.4. The van der Waals surface area contributed by atoms with Gasteiger partial charge in [-0.25, -0.2) is 28.8 Å². The van der Waals surface area contributed by atoms with Crippen molar-refractivity contribution in [3.05, 3.63) is 72.7 Å². The molecular formula is C31H31FN10O3. The molecule has 230 valence electrons. The fraction of sp³-hybridized carbons (Fsp3) is 0.290. The van der Waals surface area contributed by atoms with Gasteiger partial charge in [-0.3, -0.25) is 4.79 Å². The Morgan fingerprint density at radius 1 is 1.24 bits per heavy atom. The zero-order valence-electron chi connectivity index (χ0n) is 31.8. The molecule has 0 radical (unpaired) electrons. The number of likely N-dealkylation sites (N-methyl/N-ethyl adjacent to an activating group) is 1. The fourth-order valence-corrected chi connectivity index (χ4v) is 5.31. The van der Waals surface area contributed by atoms with Gasteiger partial charge in [-0.1, -0.05) is 6.08 Å². The van der Waals surface area contributed by atoms with Crippen molar-refractivity contribution in [2.75, 3.05) is 56.9 Å². The lowest BCUT2D eigenvalue weighted by Crippen LogP contribution is -2.56. The number of pyridine rings is 2. The molecule has 1 atom stereocenters. The minimum atomic E-state index is -3.30. The van der Waals surface area contributed by atoms with E-state index in [0.717, 1.165) is 6.08 Å². The number of hydrogen-bond donors (Lipinski definition) is 1. The summed E-state index contributed by atoms with van der Waals surface area (Å²) >= 11 is 0. The van der Waals surface area contributed by atoms with Crippen LogP contribution in [0.15, 0.2) is 61.3 Å². The van der Waals surface area contributed by atoms with Gasteiger partial charge in [0, 0.05) is 67.6 Å². The van der Waals surface area contributed by atoms with Crippen LogP contribution < -0.4 is 19.7 Å². The van der Waals surface area contributed by atoms with E-state index in [-0.39, 0.29) is 36.1 Å². The van der Waals surface area contributed by atoms with Crippen molar-refractivity contribution in [1.29, 1.82) is 0 Å². The van der Waals surface area contributed by atoms with E-state index < -0.39 is 38.2 Å². The largest absolute Gasteiger partial charge is 0.487 e. The molecule has 4 aromatic heterocycles. The lowest BCUT2D eigenvalue weighted by Gasteiger charge is -2.39. The van der Waals surface area contributed by atoms with Gasteiger partial charge in [-0.2, -0.15) is 5.10 Å². The summed E-state index contributed by atoms with van der Waals surface area (Å²) < 4.78 is 90.5. The Hall–Kier alpha value is -5.37. The Balaban J connectivity index is 1.09. The summed E-state index contributed by atoms with van der Waals surface area (Å²) in [6.45, 7) is -7.02. The Bertz CT molecular complexity index is 2240. The number of rotatable bonds is 7. The highest BCUT2D eigenvalue weighted by Gasteiger charge is 2.35. The Kier molecular flexibility index (Phi) is 5.31. The van der Waals surface area contributed by atoms with Crippen molar-refractivity contribution >= 4 is 39.9 Å². The van der Waals surface area contributed by atoms with Crippen LogP contribution >= 0.6 is 0 Å². The predicted octanol–water partition coefficient (Wildman–Crippen LogP) is 3.58. The van der Waals surface area contributed by atoms with E-state index in [4.69, 9.17) is 25.4 Å². The number of fused-ring (bicyclic) bond motifs is 6. The van der Waals surface area contributed by atoms with Gasteiger partial charge < -0.3 is 29.5 Å². The first kappa shape index (κ1) is 20.6. The average Bonchev–Trinajstić information content (AvgIpc) is 3.50. The summed E-state index contributed by atoms with van der Waals surface area (Å²) in [7, 11) is 0. The molecule has 6 heterocycles. The number of amides is 1. The molecule has 1 amide bonds. The van der Waals surface area contributed by atoms with E-state index in [0.29, 0.717) is 57.9 Å². The molecule has 13 nitrogen and oxygen atoms in total. The number of ether oxygens (including phenoxy) is 2. The quantitative estimate of drug-likeness (QED) is 0.269. The molecule has 1 N–H and O–H groups in total. The highest BCUT2D eigenvalue weighted by Crippen LogP contribution is 2.37. The predicted molar refractivity (Wildman–Crippen MR) is 166 cm³/mol. The summed E-state index contributed by atoms with van der Waals surface area (Å²) in [5.41, 5.74) is 2.08. The molecule has 1 fully saturated rings. The number of nitrogens with one attached hydrogen (secondary N) is 1. The van der Waals surface area contributed by atoms with Gasteiger partial charge in [0.2, 0.25) is 5.91 Å². The van der Waals surface area contributed by atoms with Crippen molar-refractivity contribution in [1.82, 2.24) is 39.3 Å². The molecule has 14 heteroatoms. The molecule has 1 saturated heterocycles. The smallest absolute Gasteiger partial charge is 0.246 e. The van der Waals surface area contributed by atoms with E-state index in [1.54, 1.807) is 41.9 Å². The third kappa shape index (κ3) is 5.67. The minimum absolute atomic E-state index is 0.0434. The molecule has 2 aliphatic heterocycles. The maximum absolute atomic E-state index is 15.5. The maximum Gasteiger partial charge on any atom is 0.246 e. The number of benzene rings is 1. The van der Waals surface area contributed by atoms with Gasteiger partial charge >= 0.3 is 0 Å². The summed E-state index contributed by atoms with van der Waals surface area (Å²) in [5, 5.41) is 7.09. The van der Waals surface area contributed by atoms with E-state index >= 15 is 4.39 Å². The number of hydrogen-bond acceptors (Lipinski definition) is 11. The van der Waals surface area contributed by atoms with Gasteiger partial charge in [0.15, 0.2) is 23.0 Å². The number of aryl methyl sites for hydroxylation is 1. The maximum atomic E-state index is 15.5. The topological polar surface area (TPSA) is 126 Å². The van der Waals surface area contributed by atoms with Crippen molar-refractivity contribution in [3.8, 4) is 17.2 Å².